The first kappa shape index (κ1) is 14.3. The molecule has 0 amide bonds. The van der Waals surface area contributed by atoms with E-state index in [1.54, 1.807) is 12.4 Å². The molecule has 100 valence electrons. The molecule has 0 saturated carbocycles. The van der Waals surface area contributed by atoms with Gasteiger partial charge in [-0.15, -0.1) is 0 Å². The van der Waals surface area contributed by atoms with Crippen molar-refractivity contribution in [3.63, 3.8) is 0 Å². The highest BCUT2D eigenvalue weighted by atomic mass is 79.9. The maximum absolute atomic E-state index is 6.23. The first-order valence-electron chi connectivity index (χ1n) is 5.90. The maximum Gasteiger partial charge on any atom is 0.137 e. The van der Waals surface area contributed by atoms with Crippen molar-refractivity contribution in [2.24, 2.45) is 5.73 Å². The van der Waals surface area contributed by atoms with Gasteiger partial charge in [-0.05, 0) is 52.2 Å². The molecule has 1 unspecified atom stereocenters. The molecule has 0 saturated heterocycles. The Hall–Kier alpha value is -1.10. The normalized spacial score (nSPS) is 12.2. The number of ether oxygens (including phenoxy) is 1. The van der Waals surface area contributed by atoms with Crippen molar-refractivity contribution in [2.45, 2.75) is 13.0 Å². The Balaban J connectivity index is 2.29. The molecule has 5 heteroatoms. The molecule has 1 aromatic carbocycles. The zero-order chi connectivity index (χ0) is 13.8. The van der Waals surface area contributed by atoms with E-state index in [4.69, 9.17) is 22.1 Å². The zero-order valence-corrected chi connectivity index (χ0v) is 12.8. The number of hydrogen-bond acceptors (Lipinski definition) is 3. The number of aromatic nitrogens is 1. The number of benzene rings is 1. The monoisotopic (exact) mass is 340 g/mol. The highest BCUT2D eigenvalue weighted by Crippen LogP contribution is 2.28. The van der Waals surface area contributed by atoms with E-state index in [9.17, 15) is 0 Å². The lowest BCUT2D eigenvalue weighted by atomic mass is 10.0. The van der Waals surface area contributed by atoms with Crippen LogP contribution in [-0.2, 0) is 0 Å². The van der Waals surface area contributed by atoms with Crippen molar-refractivity contribution in [1.29, 1.82) is 0 Å². The minimum absolute atomic E-state index is 0.279. The Labute approximate surface area is 125 Å². The summed E-state index contributed by atoms with van der Waals surface area (Å²) in [6, 6.07) is 7.30. The second-order valence-electron chi connectivity index (χ2n) is 4.04. The summed E-state index contributed by atoms with van der Waals surface area (Å²) in [7, 11) is 0. The minimum atomic E-state index is -0.279. The fourth-order valence-corrected chi connectivity index (χ4v) is 2.19. The van der Waals surface area contributed by atoms with Gasteiger partial charge in [0.25, 0.3) is 0 Å². The van der Waals surface area contributed by atoms with Crippen molar-refractivity contribution in [1.82, 2.24) is 4.98 Å². The van der Waals surface area contributed by atoms with E-state index in [0.29, 0.717) is 11.6 Å². The standard InChI is InChI=1S/C14H14BrClN2O/c1-2-19-11-5-10(7-18-8-11)14(17)9-3-4-12(15)13(16)6-9/h3-8,14H,2,17H2,1H3. The van der Waals surface area contributed by atoms with Gasteiger partial charge in [-0.3, -0.25) is 4.98 Å². The average molecular weight is 342 g/mol. The Kier molecular flexibility index (Phi) is 4.80. The Bertz CT molecular complexity index is 577. The topological polar surface area (TPSA) is 48.1 Å². The Morgan fingerprint density at radius 2 is 2.11 bits per heavy atom. The molecule has 0 aliphatic heterocycles. The SMILES string of the molecule is CCOc1cncc(C(N)c2ccc(Br)c(Cl)c2)c1. The molecule has 0 aliphatic carbocycles. The Morgan fingerprint density at radius 3 is 2.79 bits per heavy atom. The predicted molar refractivity (Wildman–Crippen MR) is 80.6 cm³/mol. The lowest BCUT2D eigenvalue weighted by Crippen LogP contribution is -2.12. The third-order valence-corrected chi connectivity index (χ3v) is 3.94. The third-order valence-electron chi connectivity index (χ3n) is 2.71. The van der Waals surface area contributed by atoms with Crippen LogP contribution in [0.2, 0.25) is 5.02 Å². The average Bonchev–Trinajstić information content (AvgIpc) is 2.42. The minimum Gasteiger partial charge on any atom is -0.492 e. The number of nitrogens with zero attached hydrogens (tertiary/aromatic N) is 1. The summed E-state index contributed by atoms with van der Waals surface area (Å²) in [5.41, 5.74) is 8.06. The summed E-state index contributed by atoms with van der Waals surface area (Å²) in [6.07, 6.45) is 3.41. The molecular formula is C14H14BrClN2O. The molecule has 0 bridgehead atoms. The molecule has 0 spiro atoms. The fraction of sp³-hybridized carbons (Fsp3) is 0.214. The van der Waals surface area contributed by atoms with E-state index in [1.807, 2.05) is 31.2 Å². The van der Waals surface area contributed by atoms with Crippen LogP contribution in [0.1, 0.15) is 24.1 Å². The van der Waals surface area contributed by atoms with Gasteiger partial charge in [0.2, 0.25) is 0 Å². The van der Waals surface area contributed by atoms with Gasteiger partial charge in [0.05, 0.1) is 23.9 Å². The molecule has 1 aromatic heterocycles. The summed E-state index contributed by atoms with van der Waals surface area (Å²) in [5, 5.41) is 0.641. The van der Waals surface area contributed by atoms with Crippen molar-refractivity contribution < 1.29 is 4.74 Å². The lowest BCUT2D eigenvalue weighted by molar-refractivity contribution is 0.338. The molecule has 1 heterocycles. The molecule has 0 radical (unpaired) electrons. The second kappa shape index (κ2) is 6.37. The van der Waals surface area contributed by atoms with Crippen LogP contribution in [0.3, 0.4) is 0 Å². The quantitative estimate of drug-likeness (QED) is 0.916. The Morgan fingerprint density at radius 1 is 1.32 bits per heavy atom. The first-order valence-corrected chi connectivity index (χ1v) is 7.07. The molecule has 2 N–H and O–H groups in total. The van der Waals surface area contributed by atoms with E-state index in [1.165, 1.54) is 0 Å². The van der Waals surface area contributed by atoms with Gasteiger partial charge in [0.15, 0.2) is 0 Å². The molecule has 0 aliphatic rings. The number of pyridine rings is 1. The number of rotatable bonds is 4. The van der Waals surface area contributed by atoms with Gasteiger partial charge in [-0.1, -0.05) is 17.7 Å². The molecule has 2 aromatic rings. The van der Waals surface area contributed by atoms with Crippen LogP contribution < -0.4 is 10.5 Å². The van der Waals surface area contributed by atoms with Crippen molar-refractivity contribution in [3.05, 3.63) is 57.3 Å². The van der Waals surface area contributed by atoms with Crippen molar-refractivity contribution in [3.8, 4) is 5.75 Å². The highest BCUT2D eigenvalue weighted by Gasteiger charge is 2.11. The number of halogens is 2. The van der Waals surface area contributed by atoms with E-state index in [0.717, 1.165) is 21.3 Å². The number of hydrogen-bond donors (Lipinski definition) is 1. The molecule has 3 nitrogen and oxygen atoms in total. The molecular weight excluding hydrogens is 328 g/mol. The maximum atomic E-state index is 6.23. The van der Waals surface area contributed by atoms with Crippen LogP contribution in [0.5, 0.6) is 5.75 Å². The summed E-state index contributed by atoms with van der Waals surface area (Å²) >= 11 is 9.45. The van der Waals surface area contributed by atoms with Crippen LogP contribution in [0.4, 0.5) is 0 Å². The summed E-state index contributed by atoms with van der Waals surface area (Å²) in [6.45, 7) is 2.53. The van der Waals surface area contributed by atoms with Gasteiger partial charge in [0.1, 0.15) is 5.75 Å². The number of nitrogens with two attached hydrogens (primary N) is 1. The van der Waals surface area contributed by atoms with Crippen molar-refractivity contribution >= 4 is 27.5 Å². The van der Waals surface area contributed by atoms with E-state index in [-0.39, 0.29) is 6.04 Å². The largest absolute Gasteiger partial charge is 0.492 e. The molecule has 0 fully saturated rings. The van der Waals surface area contributed by atoms with Crippen LogP contribution in [0, 0.1) is 0 Å². The molecule has 2 rings (SSSR count). The summed E-state index contributed by atoms with van der Waals surface area (Å²) in [5.74, 6) is 0.721. The molecule has 19 heavy (non-hydrogen) atoms. The first-order chi connectivity index (χ1) is 9.11. The van der Waals surface area contributed by atoms with Gasteiger partial charge < -0.3 is 10.5 Å². The van der Waals surface area contributed by atoms with E-state index < -0.39 is 0 Å². The van der Waals surface area contributed by atoms with Gasteiger partial charge >= 0.3 is 0 Å². The van der Waals surface area contributed by atoms with E-state index in [2.05, 4.69) is 20.9 Å². The third kappa shape index (κ3) is 3.47. The van der Waals surface area contributed by atoms with Crippen LogP contribution in [-0.4, -0.2) is 11.6 Å². The highest BCUT2D eigenvalue weighted by molar-refractivity contribution is 9.10. The lowest BCUT2D eigenvalue weighted by Gasteiger charge is -2.14. The summed E-state index contributed by atoms with van der Waals surface area (Å²) < 4.78 is 6.28. The fourth-order valence-electron chi connectivity index (χ4n) is 1.75. The van der Waals surface area contributed by atoms with Gasteiger partial charge in [-0.2, -0.15) is 0 Å². The van der Waals surface area contributed by atoms with Crippen LogP contribution in [0.25, 0.3) is 0 Å². The van der Waals surface area contributed by atoms with E-state index >= 15 is 0 Å². The van der Waals surface area contributed by atoms with Crippen LogP contribution >= 0.6 is 27.5 Å². The van der Waals surface area contributed by atoms with Gasteiger partial charge in [0, 0.05) is 10.7 Å². The van der Waals surface area contributed by atoms with Gasteiger partial charge in [-0.25, -0.2) is 0 Å². The van der Waals surface area contributed by atoms with Crippen molar-refractivity contribution in [2.75, 3.05) is 6.61 Å². The van der Waals surface area contributed by atoms with Crippen LogP contribution in [0.15, 0.2) is 41.1 Å². The molecule has 1 atom stereocenters. The second-order valence-corrected chi connectivity index (χ2v) is 5.30. The predicted octanol–water partition coefficient (Wildman–Crippen LogP) is 3.94. The smallest absolute Gasteiger partial charge is 0.137 e. The zero-order valence-electron chi connectivity index (χ0n) is 10.4. The summed E-state index contributed by atoms with van der Waals surface area (Å²) in [4.78, 5) is 4.14.